The van der Waals surface area contributed by atoms with Crippen molar-refractivity contribution in [2.45, 2.75) is 53.0 Å². The summed E-state index contributed by atoms with van der Waals surface area (Å²) in [6.07, 6.45) is 4.44. The van der Waals surface area contributed by atoms with E-state index in [0.29, 0.717) is 17.8 Å². The zero-order valence-corrected chi connectivity index (χ0v) is 17.9. The highest BCUT2D eigenvalue weighted by Crippen LogP contribution is 2.38. The van der Waals surface area contributed by atoms with Crippen LogP contribution >= 0.6 is 0 Å². The van der Waals surface area contributed by atoms with Crippen molar-refractivity contribution in [1.82, 2.24) is 4.90 Å². The van der Waals surface area contributed by atoms with Gasteiger partial charge in [-0.1, -0.05) is 19.1 Å². The molecule has 0 radical (unpaired) electrons. The van der Waals surface area contributed by atoms with Crippen LogP contribution in [0.15, 0.2) is 47.8 Å². The van der Waals surface area contributed by atoms with Crippen LogP contribution in [0.2, 0.25) is 0 Å². The van der Waals surface area contributed by atoms with E-state index < -0.39 is 17.9 Å². The minimum Gasteiger partial charge on any atom is -0.494 e. The van der Waals surface area contributed by atoms with Gasteiger partial charge < -0.3 is 19.1 Å². The topological polar surface area (TPSA) is 65.1 Å². The standard InChI is InChI=1S/C23H31NO5/c1-6-13-29-18-11-9-17(10-12-18)21-19(22(25)27-7-2)14-24(16(4)5)15-20(21)23(26)28-8-3/h9-12,14-16,21H,6-8,13H2,1-5H3. The van der Waals surface area contributed by atoms with Gasteiger partial charge in [0.15, 0.2) is 0 Å². The number of hydrogen-bond donors (Lipinski definition) is 0. The highest BCUT2D eigenvalue weighted by atomic mass is 16.5. The fourth-order valence-corrected chi connectivity index (χ4v) is 3.08. The SMILES string of the molecule is CCCOc1ccc(C2C(C(=O)OCC)=CN(C(C)C)C=C2C(=O)OCC)cc1. The maximum absolute atomic E-state index is 12.8. The largest absolute Gasteiger partial charge is 0.494 e. The lowest BCUT2D eigenvalue weighted by Gasteiger charge is -2.32. The Hall–Kier alpha value is -2.76. The molecule has 0 aliphatic carbocycles. The van der Waals surface area contributed by atoms with Crippen LogP contribution in [0.25, 0.3) is 0 Å². The molecule has 29 heavy (non-hydrogen) atoms. The van der Waals surface area contributed by atoms with Gasteiger partial charge in [0.25, 0.3) is 0 Å². The lowest BCUT2D eigenvalue weighted by molar-refractivity contribution is -0.139. The average molecular weight is 402 g/mol. The van der Waals surface area contributed by atoms with E-state index in [1.165, 1.54) is 0 Å². The molecular formula is C23H31NO5. The molecule has 0 unspecified atom stereocenters. The molecule has 1 aliphatic rings. The van der Waals surface area contributed by atoms with Crippen LogP contribution < -0.4 is 4.74 Å². The van der Waals surface area contributed by atoms with Gasteiger partial charge in [0.1, 0.15) is 5.75 Å². The summed E-state index contributed by atoms with van der Waals surface area (Å²) in [6.45, 7) is 10.7. The quantitative estimate of drug-likeness (QED) is 0.579. The summed E-state index contributed by atoms with van der Waals surface area (Å²) in [7, 11) is 0. The third-order valence-electron chi connectivity index (χ3n) is 4.50. The van der Waals surface area contributed by atoms with Crippen molar-refractivity contribution in [2.24, 2.45) is 0 Å². The van der Waals surface area contributed by atoms with Crippen LogP contribution in [-0.4, -0.2) is 42.7 Å². The van der Waals surface area contributed by atoms with Gasteiger partial charge in [-0.3, -0.25) is 0 Å². The van der Waals surface area contributed by atoms with E-state index in [4.69, 9.17) is 14.2 Å². The fourth-order valence-electron chi connectivity index (χ4n) is 3.08. The Kier molecular flexibility index (Phi) is 8.31. The van der Waals surface area contributed by atoms with Gasteiger partial charge in [-0.05, 0) is 51.8 Å². The van der Waals surface area contributed by atoms with Gasteiger partial charge in [0.2, 0.25) is 0 Å². The van der Waals surface area contributed by atoms with Gasteiger partial charge in [-0.25, -0.2) is 9.59 Å². The maximum Gasteiger partial charge on any atom is 0.336 e. The van der Waals surface area contributed by atoms with Crippen LogP contribution in [0.5, 0.6) is 5.75 Å². The van der Waals surface area contributed by atoms with Crippen molar-refractivity contribution in [3.05, 3.63) is 53.4 Å². The highest BCUT2D eigenvalue weighted by Gasteiger charge is 2.36. The van der Waals surface area contributed by atoms with Crippen molar-refractivity contribution >= 4 is 11.9 Å². The van der Waals surface area contributed by atoms with Crippen LogP contribution in [0.3, 0.4) is 0 Å². The Bertz CT molecular complexity index is 728. The molecule has 6 heteroatoms. The number of benzene rings is 1. The normalized spacial score (nSPS) is 14.3. The molecule has 1 aromatic rings. The van der Waals surface area contributed by atoms with Crippen molar-refractivity contribution in [1.29, 1.82) is 0 Å². The summed E-state index contributed by atoms with van der Waals surface area (Å²) < 4.78 is 16.2. The number of hydrogen-bond acceptors (Lipinski definition) is 6. The van der Waals surface area contributed by atoms with Crippen molar-refractivity contribution < 1.29 is 23.8 Å². The van der Waals surface area contributed by atoms with Gasteiger partial charge in [-0.15, -0.1) is 0 Å². The monoisotopic (exact) mass is 401 g/mol. The summed E-state index contributed by atoms with van der Waals surface area (Å²) in [5.74, 6) is -0.699. The Balaban J connectivity index is 2.50. The molecule has 0 fully saturated rings. The molecule has 0 N–H and O–H groups in total. The Morgan fingerprint density at radius 3 is 1.86 bits per heavy atom. The van der Waals surface area contributed by atoms with E-state index in [-0.39, 0.29) is 19.3 Å². The molecule has 0 atom stereocenters. The third kappa shape index (κ3) is 5.62. The minimum atomic E-state index is -0.566. The average Bonchev–Trinajstić information content (AvgIpc) is 2.72. The van der Waals surface area contributed by atoms with E-state index >= 15 is 0 Å². The zero-order valence-electron chi connectivity index (χ0n) is 17.9. The molecule has 0 aromatic heterocycles. The molecule has 0 amide bonds. The van der Waals surface area contributed by atoms with E-state index in [1.54, 1.807) is 26.2 Å². The predicted octanol–water partition coefficient (Wildman–Crippen LogP) is 4.18. The summed E-state index contributed by atoms with van der Waals surface area (Å²) in [5, 5.41) is 0. The molecule has 158 valence electrons. The molecule has 2 rings (SSSR count). The first-order valence-corrected chi connectivity index (χ1v) is 10.2. The van der Waals surface area contributed by atoms with Crippen molar-refractivity contribution in [2.75, 3.05) is 19.8 Å². The maximum atomic E-state index is 12.8. The summed E-state index contributed by atoms with van der Waals surface area (Å²) in [6, 6.07) is 7.52. The molecule has 0 bridgehead atoms. The smallest absolute Gasteiger partial charge is 0.336 e. The molecular weight excluding hydrogens is 370 g/mol. The van der Waals surface area contributed by atoms with Gasteiger partial charge >= 0.3 is 11.9 Å². The second kappa shape index (κ2) is 10.7. The lowest BCUT2D eigenvalue weighted by Crippen LogP contribution is -2.32. The van der Waals surface area contributed by atoms with Crippen LogP contribution in [0, 0.1) is 0 Å². The number of carbonyl (C=O) groups excluding carboxylic acids is 2. The first-order valence-electron chi connectivity index (χ1n) is 10.2. The predicted molar refractivity (Wildman–Crippen MR) is 111 cm³/mol. The first kappa shape index (κ1) is 22.5. The Morgan fingerprint density at radius 2 is 1.45 bits per heavy atom. The summed E-state index contributed by atoms with van der Waals surface area (Å²) >= 11 is 0. The summed E-state index contributed by atoms with van der Waals surface area (Å²) in [4.78, 5) is 27.4. The Labute approximate surface area is 173 Å². The minimum absolute atomic E-state index is 0.0645. The van der Waals surface area contributed by atoms with Crippen molar-refractivity contribution in [3.63, 3.8) is 0 Å². The molecule has 0 spiro atoms. The zero-order chi connectivity index (χ0) is 21.4. The van der Waals surface area contributed by atoms with Crippen LogP contribution in [-0.2, 0) is 19.1 Å². The van der Waals surface area contributed by atoms with Crippen LogP contribution in [0.1, 0.15) is 52.5 Å². The van der Waals surface area contributed by atoms with Crippen LogP contribution in [0.4, 0.5) is 0 Å². The molecule has 0 saturated heterocycles. The number of esters is 2. The highest BCUT2D eigenvalue weighted by molar-refractivity contribution is 5.98. The summed E-state index contributed by atoms with van der Waals surface area (Å²) in [5.41, 5.74) is 1.62. The second-order valence-electron chi connectivity index (χ2n) is 7.00. The number of ether oxygens (including phenoxy) is 3. The van der Waals surface area contributed by atoms with E-state index in [1.807, 2.05) is 49.9 Å². The molecule has 1 heterocycles. The van der Waals surface area contributed by atoms with E-state index in [2.05, 4.69) is 0 Å². The fraction of sp³-hybridized carbons (Fsp3) is 0.478. The van der Waals surface area contributed by atoms with Gasteiger partial charge in [0, 0.05) is 18.4 Å². The van der Waals surface area contributed by atoms with Crippen molar-refractivity contribution in [3.8, 4) is 5.75 Å². The molecule has 1 aromatic carbocycles. The first-order chi connectivity index (χ1) is 13.9. The molecule has 0 saturated carbocycles. The number of nitrogens with zero attached hydrogens (tertiary/aromatic N) is 1. The number of rotatable bonds is 9. The van der Waals surface area contributed by atoms with Gasteiger partial charge in [0.05, 0.1) is 36.9 Å². The lowest BCUT2D eigenvalue weighted by atomic mass is 9.83. The van der Waals surface area contributed by atoms with E-state index in [0.717, 1.165) is 17.7 Å². The Morgan fingerprint density at radius 1 is 0.931 bits per heavy atom. The van der Waals surface area contributed by atoms with Gasteiger partial charge in [-0.2, -0.15) is 0 Å². The van der Waals surface area contributed by atoms with E-state index in [9.17, 15) is 9.59 Å². The molecule has 1 aliphatic heterocycles. The molecule has 6 nitrogen and oxygen atoms in total. The number of carbonyl (C=O) groups is 2. The third-order valence-corrected chi connectivity index (χ3v) is 4.50. The second-order valence-corrected chi connectivity index (χ2v) is 7.00.